The molecule has 1 saturated heterocycles. The summed E-state index contributed by atoms with van der Waals surface area (Å²) in [6.07, 6.45) is 3.11. The minimum Gasteiger partial charge on any atom is -0.380 e. The standard InChI is InChI=1S/C12H25N3O2/c1-15(2)7-5-4-6-13-12(16)11-8-10(17-3)9-14-11/h10-11,14H,4-9H2,1-3H3,(H,13,16). The van der Waals surface area contributed by atoms with Gasteiger partial charge in [-0.3, -0.25) is 4.79 Å². The van der Waals surface area contributed by atoms with Gasteiger partial charge >= 0.3 is 0 Å². The van der Waals surface area contributed by atoms with Crippen LogP contribution in [0.4, 0.5) is 0 Å². The van der Waals surface area contributed by atoms with Crippen LogP contribution in [0.2, 0.25) is 0 Å². The van der Waals surface area contributed by atoms with E-state index < -0.39 is 0 Å². The Balaban J connectivity index is 2.05. The molecule has 0 aliphatic carbocycles. The maximum Gasteiger partial charge on any atom is 0.237 e. The molecule has 0 aromatic carbocycles. The SMILES string of the molecule is COC1CNC(C(=O)NCCCCN(C)C)C1. The maximum absolute atomic E-state index is 11.8. The Morgan fingerprint density at radius 2 is 2.24 bits per heavy atom. The van der Waals surface area contributed by atoms with Gasteiger partial charge in [0, 0.05) is 20.2 Å². The predicted octanol–water partition coefficient (Wildman–Crippen LogP) is -0.179. The molecule has 1 heterocycles. The monoisotopic (exact) mass is 243 g/mol. The Morgan fingerprint density at radius 1 is 1.47 bits per heavy atom. The number of carbonyl (C=O) groups is 1. The smallest absolute Gasteiger partial charge is 0.237 e. The largest absolute Gasteiger partial charge is 0.380 e. The molecule has 100 valence electrons. The van der Waals surface area contributed by atoms with Gasteiger partial charge in [0.2, 0.25) is 5.91 Å². The molecule has 0 aromatic rings. The van der Waals surface area contributed by atoms with Gasteiger partial charge in [-0.2, -0.15) is 0 Å². The number of rotatable bonds is 7. The number of nitrogens with one attached hydrogen (secondary N) is 2. The first kappa shape index (κ1) is 14.4. The molecule has 0 spiro atoms. The van der Waals surface area contributed by atoms with Crippen LogP contribution in [0.5, 0.6) is 0 Å². The zero-order valence-corrected chi connectivity index (χ0v) is 11.2. The van der Waals surface area contributed by atoms with Crippen molar-refractivity contribution in [1.82, 2.24) is 15.5 Å². The third-order valence-electron chi connectivity index (χ3n) is 3.07. The first-order valence-corrected chi connectivity index (χ1v) is 6.32. The van der Waals surface area contributed by atoms with Crippen LogP contribution in [0, 0.1) is 0 Å². The fourth-order valence-electron chi connectivity index (χ4n) is 1.97. The molecule has 1 aliphatic rings. The minimum atomic E-state index is -0.0752. The number of amides is 1. The van der Waals surface area contributed by atoms with Crippen molar-refractivity contribution in [2.75, 3.05) is 40.8 Å². The van der Waals surface area contributed by atoms with Crippen LogP contribution in [-0.4, -0.2) is 63.8 Å². The van der Waals surface area contributed by atoms with E-state index in [9.17, 15) is 4.79 Å². The van der Waals surface area contributed by atoms with E-state index in [1.807, 2.05) is 0 Å². The number of nitrogens with zero attached hydrogens (tertiary/aromatic N) is 1. The van der Waals surface area contributed by atoms with Crippen LogP contribution < -0.4 is 10.6 Å². The van der Waals surface area contributed by atoms with E-state index >= 15 is 0 Å². The van der Waals surface area contributed by atoms with Gasteiger partial charge in [-0.05, 0) is 39.9 Å². The molecule has 0 saturated carbocycles. The Labute approximate surface area is 104 Å². The lowest BCUT2D eigenvalue weighted by atomic mass is 10.2. The summed E-state index contributed by atoms with van der Waals surface area (Å²) in [6, 6.07) is -0.0752. The van der Waals surface area contributed by atoms with E-state index in [2.05, 4.69) is 29.6 Å². The first-order chi connectivity index (χ1) is 8.13. The summed E-state index contributed by atoms with van der Waals surface area (Å²) < 4.78 is 5.21. The van der Waals surface area contributed by atoms with Crippen LogP contribution in [0.15, 0.2) is 0 Å². The third-order valence-corrected chi connectivity index (χ3v) is 3.07. The van der Waals surface area contributed by atoms with Gasteiger partial charge in [-0.1, -0.05) is 0 Å². The molecule has 1 amide bonds. The molecule has 2 N–H and O–H groups in total. The lowest BCUT2D eigenvalue weighted by molar-refractivity contribution is -0.122. The number of carbonyl (C=O) groups excluding carboxylic acids is 1. The highest BCUT2D eigenvalue weighted by Gasteiger charge is 2.28. The van der Waals surface area contributed by atoms with E-state index in [1.54, 1.807) is 7.11 Å². The molecular weight excluding hydrogens is 218 g/mol. The van der Waals surface area contributed by atoms with E-state index in [1.165, 1.54) is 0 Å². The van der Waals surface area contributed by atoms with Crippen molar-refractivity contribution in [3.63, 3.8) is 0 Å². The van der Waals surface area contributed by atoms with E-state index in [-0.39, 0.29) is 18.1 Å². The van der Waals surface area contributed by atoms with E-state index in [0.717, 1.165) is 38.9 Å². The Morgan fingerprint density at radius 3 is 2.82 bits per heavy atom. The van der Waals surface area contributed by atoms with Gasteiger partial charge in [0.05, 0.1) is 12.1 Å². The number of methoxy groups -OCH3 is 1. The van der Waals surface area contributed by atoms with Crippen molar-refractivity contribution in [3.05, 3.63) is 0 Å². The number of ether oxygens (including phenoxy) is 1. The Hall–Kier alpha value is -0.650. The molecule has 5 nitrogen and oxygen atoms in total. The van der Waals surface area contributed by atoms with Crippen LogP contribution >= 0.6 is 0 Å². The summed E-state index contributed by atoms with van der Waals surface area (Å²) in [5.74, 6) is 0.106. The fourth-order valence-corrected chi connectivity index (χ4v) is 1.97. The fraction of sp³-hybridized carbons (Fsp3) is 0.917. The van der Waals surface area contributed by atoms with Gasteiger partial charge in [0.1, 0.15) is 0 Å². The zero-order valence-electron chi connectivity index (χ0n) is 11.2. The molecule has 17 heavy (non-hydrogen) atoms. The zero-order chi connectivity index (χ0) is 12.7. The quantitative estimate of drug-likeness (QED) is 0.609. The normalized spacial score (nSPS) is 24.2. The van der Waals surface area contributed by atoms with Crippen molar-refractivity contribution in [3.8, 4) is 0 Å². The highest BCUT2D eigenvalue weighted by molar-refractivity contribution is 5.82. The molecule has 2 unspecified atom stereocenters. The summed E-state index contributed by atoms with van der Waals surface area (Å²) in [6.45, 7) is 2.61. The van der Waals surface area contributed by atoms with Crippen molar-refractivity contribution in [1.29, 1.82) is 0 Å². The molecule has 0 radical (unpaired) electrons. The van der Waals surface area contributed by atoms with Crippen molar-refractivity contribution in [2.24, 2.45) is 0 Å². The minimum absolute atomic E-state index is 0.0752. The van der Waals surface area contributed by atoms with Gasteiger partial charge in [-0.15, -0.1) is 0 Å². The highest BCUT2D eigenvalue weighted by atomic mass is 16.5. The van der Waals surface area contributed by atoms with E-state index in [4.69, 9.17) is 4.74 Å². The third kappa shape index (κ3) is 5.48. The second-order valence-electron chi connectivity index (χ2n) is 4.86. The molecule has 1 aliphatic heterocycles. The average Bonchev–Trinajstić information content (AvgIpc) is 2.76. The molecule has 0 bridgehead atoms. The second kappa shape index (κ2) is 7.63. The Kier molecular flexibility index (Phi) is 6.47. The molecule has 5 heteroatoms. The lowest BCUT2D eigenvalue weighted by Gasteiger charge is -2.12. The van der Waals surface area contributed by atoms with Crippen LogP contribution in [0.1, 0.15) is 19.3 Å². The number of hydrogen-bond acceptors (Lipinski definition) is 4. The first-order valence-electron chi connectivity index (χ1n) is 6.32. The lowest BCUT2D eigenvalue weighted by Crippen LogP contribution is -2.40. The molecule has 0 aromatic heterocycles. The van der Waals surface area contributed by atoms with Gasteiger partial charge in [0.25, 0.3) is 0 Å². The summed E-state index contributed by atoms with van der Waals surface area (Å²) in [4.78, 5) is 13.9. The van der Waals surface area contributed by atoms with Crippen molar-refractivity contribution >= 4 is 5.91 Å². The molecule has 2 atom stereocenters. The second-order valence-corrected chi connectivity index (χ2v) is 4.86. The Bertz CT molecular complexity index is 234. The summed E-state index contributed by atoms with van der Waals surface area (Å²) in [5, 5.41) is 6.14. The predicted molar refractivity (Wildman–Crippen MR) is 68.0 cm³/mol. The molecular formula is C12H25N3O2. The van der Waals surface area contributed by atoms with Gasteiger partial charge in [0.15, 0.2) is 0 Å². The van der Waals surface area contributed by atoms with E-state index in [0.29, 0.717) is 0 Å². The van der Waals surface area contributed by atoms with Crippen LogP contribution in [0.3, 0.4) is 0 Å². The van der Waals surface area contributed by atoms with Crippen molar-refractivity contribution in [2.45, 2.75) is 31.4 Å². The van der Waals surface area contributed by atoms with Gasteiger partial charge in [-0.25, -0.2) is 0 Å². The van der Waals surface area contributed by atoms with Gasteiger partial charge < -0.3 is 20.3 Å². The summed E-state index contributed by atoms with van der Waals surface area (Å²) in [5.41, 5.74) is 0. The topological polar surface area (TPSA) is 53.6 Å². The number of hydrogen-bond donors (Lipinski definition) is 2. The highest BCUT2D eigenvalue weighted by Crippen LogP contribution is 2.09. The maximum atomic E-state index is 11.8. The van der Waals surface area contributed by atoms with Crippen LogP contribution in [0.25, 0.3) is 0 Å². The summed E-state index contributed by atoms with van der Waals surface area (Å²) >= 11 is 0. The van der Waals surface area contributed by atoms with Crippen molar-refractivity contribution < 1.29 is 9.53 Å². The molecule has 1 rings (SSSR count). The summed E-state index contributed by atoms with van der Waals surface area (Å²) in [7, 11) is 5.81. The van der Waals surface area contributed by atoms with Crippen LogP contribution in [-0.2, 0) is 9.53 Å². The average molecular weight is 243 g/mol. The number of unbranched alkanes of at least 4 members (excludes halogenated alkanes) is 1. The molecule has 1 fully saturated rings.